The van der Waals surface area contributed by atoms with Crippen LogP contribution < -0.4 is 19.5 Å². The second-order valence-electron chi connectivity index (χ2n) is 16.6. The molecular weight excluding hydrogens is 719 g/mol. The topological polar surface area (TPSA) is 166 Å². The molecule has 1 saturated heterocycles. The summed E-state index contributed by atoms with van der Waals surface area (Å²) in [5.74, 6) is -1.53. The number of ether oxygens (including phenoxy) is 1. The van der Waals surface area contributed by atoms with Crippen LogP contribution in [0.25, 0.3) is 0 Å². The van der Waals surface area contributed by atoms with Gasteiger partial charge in [0.15, 0.2) is 0 Å². The average molecular weight is 773 g/mol. The van der Waals surface area contributed by atoms with E-state index in [4.69, 9.17) is 4.74 Å². The lowest BCUT2D eigenvalue weighted by Crippen LogP contribution is -2.62. The SMILES string of the molecule is C=INC(=O)C(=O)C(CC1CC1)NC(=O)C1N(C(=O)[C@@H](NC(=O)NC(COC(=O)N(C)C)C(C)(C)C)C(C)(C)C)CC2[C@@H]3C(C)(C)C213. The van der Waals surface area contributed by atoms with E-state index in [-0.39, 0.29) is 35.7 Å². The fourth-order valence-electron chi connectivity index (χ4n) is 7.74. The average Bonchev–Trinajstić information content (AvgIpc) is 3.91. The van der Waals surface area contributed by atoms with Crippen molar-refractivity contribution >= 4 is 61.1 Å². The van der Waals surface area contributed by atoms with E-state index in [1.807, 2.05) is 41.5 Å². The smallest absolute Gasteiger partial charge is 0.409 e. The number of nitrogens with zero attached hydrogens (tertiary/aromatic N) is 2. The number of carbonyl (C=O) groups is 6. The summed E-state index contributed by atoms with van der Waals surface area (Å²) in [6, 6.07) is -3.96. The third-order valence-corrected chi connectivity index (χ3v) is 11.5. The van der Waals surface area contributed by atoms with Crippen LogP contribution in [0.1, 0.15) is 74.7 Å². The first-order valence-electron chi connectivity index (χ1n) is 16.3. The van der Waals surface area contributed by atoms with E-state index in [0.29, 0.717) is 13.0 Å². The summed E-state index contributed by atoms with van der Waals surface area (Å²) in [6.45, 7) is 15.8. The van der Waals surface area contributed by atoms with Gasteiger partial charge in [0.1, 0.15) is 18.7 Å². The van der Waals surface area contributed by atoms with E-state index >= 15 is 0 Å². The molecule has 3 aliphatic carbocycles. The molecular formula is C33H53IN6O7. The molecule has 1 spiro atoms. The van der Waals surface area contributed by atoms with Crippen molar-refractivity contribution in [3.63, 3.8) is 0 Å². The van der Waals surface area contributed by atoms with Crippen molar-refractivity contribution in [1.82, 2.24) is 29.3 Å². The van der Waals surface area contributed by atoms with Crippen molar-refractivity contribution in [3.05, 3.63) is 0 Å². The zero-order chi connectivity index (χ0) is 35.4. The van der Waals surface area contributed by atoms with Crippen LogP contribution in [-0.4, -0.2) is 101 Å². The van der Waals surface area contributed by atoms with Gasteiger partial charge in [-0.3, -0.25) is 22.7 Å². The van der Waals surface area contributed by atoms with Gasteiger partial charge in [-0.2, -0.15) is 0 Å². The summed E-state index contributed by atoms with van der Waals surface area (Å²) >= 11 is -0.907. The Morgan fingerprint density at radius 1 is 0.979 bits per heavy atom. The predicted molar refractivity (Wildman–Crippen MR) is 185 cm³/mol. The van der Waals surface area contributed by atoms with Crippen molar-refractivity contribution in [2.45, 2.75) is 98.8 Å². The number of Topliss-reactive ketones (excluding diaryl/α,β-unsaturated/α-hetero) is 1. The largest absolute Gasteiger partial charge is 0.447 e. The lowest BCUT2D eigenvalue weighted by molar-refractivity contribution is -0.145. The van der Waals surface area contributed by atoms with Gasteiger partial charge in [0.2, 0.25) is 17.6 Å². The number of ketones is 1. The third-order valence-electron chi connectivity index (χ3n) is 10.7. The number of fused-ring (bicyclic) bond motifs is 1. The summed E-state index contributed by atoms with van der Waals surface area (Å²) in [5, 5.41) is 8.66. The molecule has 47 heavy (non-hydrogen) atoms. The van der Waals surface area contributed by atoms with Gasteiger partial charge in [-0.1, -0.05) is 68.2 Å². The quantitative estimate of drug-likeness (QED) is 0.135. The van der Waals surface area contributed by atoms with Crippen LogP contribution in [0.4, 0.5) is 9.59 Å². The summed E-state index contributed by atoms with van der Waals surface area (Å²) in [6.07, 6.45) is 1.72. The van der Waals surface area contributed by atoms with Crippen LogP contribution >= 0.6 is 21.0 Å². The lowest BCUT2D eigenvalue weighted by atomic mass is 9.83. The van der Waals surface area contributed by atoms with Crippen LogP contribution in [0.2, 0.25) is 0 Å². The molecule has 0 aromatic heterocycles. The Morgan fingerprint density at radius 3 is 2.09 bits per heavy atom. The molecule has 14 heteroatoms. The van der Waals surface area contributed by atoms with Crippen LogP contribution in [0.5, 0.6) is 0 Å². The van der Waals surface area contributed by atoms with Gasteiger partial charge in [0.25, 0.3) is 5.91 Å². The second kappa shape index (κ2) is 12.9. The van der Waals surface area contributed by atoms with Gasteiger partial charge in [-0.05, 0) is 65.9 Å². The number of carbonyl (C=O) groups excluding carboxylic acids is 6. The van der Waals surface area contributed by atoms with Gasteiger partial charge in [-0.25, -0.2) is 9.59 Å². The fraction of sp³-hybridized carbons (Fsp3) is 0.788. The highest BCUT2D eigenvalue weighted by atomic mass is 127. The van der Waals surface area contributed by atoms with Crippen LogP contribution in [0.3, 0.4) is 0 Å². The summed E-state index contributed by atoms with van der Waals surface area (Å²) in [5.41, 5.74) is -1.77. The fourth-order valence-corrected chi connectivity index (χ4v) is 8.35. The van der Waals surface area contributed by atoms with Crippen molar-refractivity contribution < 1.29 is 33.5 Å². The zero-order valence-corrected chi connectivity index (χ0v) is 31.6. The summed E-state index contributed by atoms with van der Waals surface area (Å²) in [7, 11) is 3.14. The standard InChI is InChI=1S/C33H53IN6O7/c1-30(2,3)20(16-47-29(46)39(10)11)36-28(45)37-23(31(4,5)6)27(44)40-15-18-22-32(7,8)33(18,22)24(40)26(43)35-19(14-17-12-13-17)21(41)25(42)38-34-9/h17-20,22-24H,9,12-16H2,1-8,10-11H3,(H,35,43)(H,38,42)(H2,36,37,45)/t18?,19?,20?,22-,23-,24?,33?/m1/s1. The van der Waals surface area contributed by atoms with E-state index in [1.54, 1.807) is 19.0 Å². The Hall–Kier alpha value is -2.78. The Bertz CT molecular complexity index is 1330. The number of hydrogen-bond donors (Lipinski definition) is 4. The highest BCUT2D eigenvalue weighted by molar-refractivity contribution is 14.2. The van der Waals surface area contributed by atoms with E-state index in [9.17, 15) is 28.8 Å². The summed E-state index contributed by atoms with van der Waals surface area (Å²) in [4.78, 5) is 82.7. The molecule has 4 rings (SSSR count). The lowest BCUT2D eigenvalue weighted by Gasteiger charge is -2.38. The first-order chi connectivity index (χ1) is 21.6. The first-order valence-corrected chi connectivity index (χ1v) is 18.9. The van der Waals surface area contributed by atoms with Crippen molar-refractivity contribution in [1.29, 1.82) is 0 Å². The molecule has 4 N–H and O–H groups in total. The number of nitrogens with one attached hydrogen (secondary N) is 4. The van der Waals surface area contributed by atoms with E-state index < -0.39 is 91.1 Å². The molecule has 0 radical (unpaired) electrons. The molecule has 13 nitrogen and oxygen atoms in total. The van der Waals surface area contributed by atoms with Gasteiger partial charge in [0, 0.05) is 26.1 Å². The molecule has 3 saturated carbocycles. The Balaban J connectivity index is 1.54. The number of likely N-dealkylation sites (tertiary alicyclic amines) is 1. The number of piperidine rings is 1. The van der Waals surface area contributed by atoms with Gasteiger partial charge in [0.05, 0.1) is 12.1 Å². The number of rotatable bonds is 12. The van der Waals surface area contributed by atoms with E-state index in [0.717, 1.165) is 12.8 Å². The number of urea groups is 1. The molecule has 7 atom stereocenters. The van der Waals surface area contributed by atoms with Crippen molar-refractivity contribution in [2.75, 3.05) is 27.2 Å². The number of halogens is 1. The molecule has 0 bridgehead atoms. The molecule has 0 aromatic rings. The Morgan fingerprint density at radius 2 is 1.60 bits per heavy atom. The van der Waals surface area contributed by atoms with Gasteiger partial charge < -0.3 is 30.5 Å². The highest BCUT2D eigenvalue weighted by Gasteiger charge is 2.97. The molecule has 6 amide bonds. The normalized spacial score (nSPS) is 27.2. The van der Waals surface area contributed by atoms with Crippen LogP contribution in [-0.2, 0) is 23.9 Å². The zero-order valence-electron chi connectivity index (χ0n) is 29.4. The van der Waals surface area contributed by atoms with Gasteiger partial charge in [-0.15, -0.1) is 0 Å². The molecule has 5 unspecified atom stereocenters. The minimum Gasteiger partial charge on any atom is -0.447 e. The van der Waals surface area contributed by atoms with E-state index in [1.165, 1.54) is 4.90 Å². The Kier molecular flexibility index (Phi) is 10.2. The monoisotopic (exact) mass is 772 g/mol. The molecule has 0 aromatic carbocycles. The number of amides is 6. The third kappa shape index (κ3) is 7.17. The van der Waals surface area contributed by atoms with Crippen LogP contribution in [0, 0.1) is 39.4 Å². The van der Waals surface area contributed by atoms with Crippen molar-refractivity contribution in [2.24, 2.45) is 39.4 Å². The highest BCUT2D eigenvalue weighted by Crippen LogP contribution is 2.95. The molecule has 1 heterocycles. The van der Waals surface area contributed by atoms with E-state index in [2.05, 4.69) is 37.8 Å². The first kappa shape index (κ1) is 37.0. The maximum absolute atomic E-state index is 14.4. The van der Waals surface area contributed by atoms with Crippen molar-refractivity contribution in [3.8, 4) is 0 Å². The van der Waals surface area contributed by atoms with Crippen LogP contribution in [0.15, 0.2) is 0 Å². The molecule has 264 valence electrons. The molecule has 4 aliphatic rings. The maximum Gasteiger partial charge on any atom is 0.409 e. The van der Waals surface area contributed by atoms with Gasteiger partial charge >= 0.3 is 12.1 Å². The summed E-state index contributed by atoms with van der Waals surface area (Å²) < 4.78 is 11.6. The molecule has 4 fully saturated rings. The molecule has 1 aliphatic heterocycles. The minimum absolute atomic E-state index is 0.0631. The second-order valence-corrected chi connectivity index (χ2v) is 17.9. The number of hydrogen-bond acceptors (Lipinski definition) is 7. The minimum atomic E-state index is -0.993. The maximum atomic E-state index is 14.4. The predicted octanol–water partition coefficient (Wildman–Crippen LogP) is 2.58. The Labute approximate surface area is 288 Å².